The number of carbonyl (C=O) groups excluding carboxylic acids is 5. The van der Waals surface area contributed by atoms with Crippen molar-refractivity contribution in [3.8, 4) is 0 Å². The van der Waals surface area contributed by atoms with Crippen molar-refractivity contribution < 1.29 is 64.1 Å². The second kappa shape index (κ2) is 13.1. The van der Waals surface area contributed by atoms with Gasteiger partial charge in [-0.15, -0.1) is 0 Å². The van der Waals surface area contributed by atoms with E-state index in [9.17, 15) is 54.6 Å². The molecule has 8 aliphatic rings. The second-order valence-corrected chi connectivity index (χ2v) is 19.7. The maximum atomic E-state index is 14.1. The maximum Gasteiger partial charge on any atom is 0.508 e. The van der Waals surface area contributed by atoms with Crippen LogP contribution in [0.3, 0.4) is 0 Å². The van der Waals surface area contributed by atoms with Crippen LogP contribution in [0.4, 0.5) is 4.79 Å². The van der Waals surface area contributed by atoms with Crippen LogP contribution in [0.15, 0.2) is 23.3 Å². The zero-order valence-corrected chi connectivity index (χ0v) is 32.9. The molecule has 13 heteroatoms. The Kier molecular flexibility index (Phi) is 9.35. The van der Waals surface area contributed by atoms with E-state index in [-0.39, 0.29) is 73.8 Å². The lowest BCUT2D eigenvalue weighted by Crippen LogP contribution is -2.64. The summed E-state index contributed by atoms with van der Waals surface area (Å²) >= 11 is 0. The normalized spacial score (nSPS) is 50.5. The SMILES string of the molecule is C[C@]12C[C@H](O)[C@H]3[C@@H](CCC4=CC(=O)CC(OC(=O)OC5CC(=O)C=C6CC[C@@H]7[C@H]([C@@H](O)C[C@@]8(C)[C@H]7CC[C@]8(O)C(=O)CO)[C@]65C)[C@@]43C)[C@@H]1CC[C@]2(O)C(=O)CO. The fourth-order valence-electron chi connectivity index (χ4n) is 15.2. The van der Waals surface area contributed by atoms with Crippen molar-refractivity contribution in [2.24, 2.45) is 57.2 Å². The highest BCUT2D eigenvalue weighted by atomic mass is 16.7. The van der Waals surface area contributed by atoms with Gasteiger partial charge in [0.25, 0.3) is 0 Å². The summed E-state index contributed by atoms with van der Waals surface area (Å²) in [7, 11) is 0. The van der Waals surface area contributed by atoms with E-state index in [0.717, 1.165) is 11.1 Å². The lowest BCUT2D eigenvalue weighted by Gasteiger charge is -2.62. The van der Waals surface area contributed by atoms with Crippen molar-refractivity contribution >= 4 is 29.3 Å². The molecule has 0 heterocycles. The van der Waals surface area contributed by atoms with Gasteiger partial charge in [0.05, 0.1) is 12.2 Å². The molecule has 8 aliphatic carbocycles. The molecule has 0 spiro atoms. The first-order valence-electron chi connectivity index (χ1n) is 20.7. The van der Waals surface area contributed by atoms with Crippen molar-refractivity contribution in [2.75, 3.05) is 13.2 Å². The summed E-state index contributed by atoms with van der Waals surface area (Å²) < 4.78 is 12.4. The number of carbonyl (C=O) groups is 5. The lowest BCUT2D eigenvalue weighted by atomic mass is 9.44. The summed E-state index contributed by atoms with van der Waals surface area (Å²) in [5.74, 6) is -3.41. The van der Waals surface area contributed by atoms with Gasteiger partial charge >= 0.3 is 6.16 Å². The number of ether oxygens (including phenoxy) is 2. The Balaban J connectivity index is 1.07. The Morgan fingerprint density at radius 2 is 1.04 bits per heavy atom. The van der Waals surface area contributed by atoms with E-state index in [4.69, 9.17) is 9.47 Å². The van der Waals surface area contributed by atoms with E-state index in [0.29, 0.717) is 38.5 Å². The molecule has 0 radical (unpaired) electrons. The molecule has 0 amide bonds. The first-order valence-corrected chi connectivity index (χ1v) is 20.7. The molecule has 2 unspecified atom stereocenters. The first-order chi connectivity index (χ1) is 26.2. The highest BCUT2D eigenvalue weighted by molar-refractivity contribution is 5.93. The third-order valence-electron chi connectivity index (χ3n) is 17.9. The van der Waals surface area contributed by atoms with Crippen molar-refractivity contribution in [3.05, 3.63) is 23.3 Å². The van der Waals surface area contributed by atoms with Gasteiger partial charge in [-0.25, -0.2) is 4.79 Å². The Bertz CT molecular complexity index is 1680. The van der Waals surface area contributed by atoms with Crippen LogP contribution in [-0.2, 0) is 28.7 Å². The number of hydrogen-bond donors (Lipinski definition) is 6. The molecule has 0 saturated heterocycles. The van der Waals surface area contributed by atoms with Crippen LogP contribution in [0, 0.1) is 57.2 Å². The molecule has 16 atom stereocenters. The van der Waals surface area contributed by atoms with Crippen LogP contribution in [0.5, 0.6) is 0 Å². The molecule has 6 saturated carbocycles. The van der Waals surface area contributed by atoms with E-state index >= 15 is 0 Å². The van der Waals surface area contributed by atoms with E-state index in [1.165, 1.54) is 0 Å². The average Bonchev–Trinajstić information content (AvgIpc) is 3.57. The average molecular weight is 783 g/mol. The van der Waals surface area contributed by atoms with Crippen LogP contribution in [0.2, 0.25) is 0 Å². The van der Waals surface area contributed by atoms with Crippen LogP contribution < -0.4 is 0 Å². The smallest absolute Gasteiger partial charge is 0.430 e. The molecule has 6 fully saturated rings. The van der Waals surface area contributed by atoms with E-state index in [1.807, 2.05) is 27.7 Å². The number of aliphatic hydroxyl groups excluding tert-OH is 4. The van der Waals surface area contributed by atoms with Crippen LogP contribution in [0.1, 0.15) is 105 Å². The zero-order chi connectivity index (χ0) is 40.5. The largest absolute Gasteiger partial charge is 0.508 e. The summed E-state index contributed by atoms with van der Waals surface area (Å²) in [5, 5.41) is 66.8. The minimum absolute atomic E-state index is 0.0865. The summed E-state index contributed by atoms with van der Waals surface area (Å²) in [6, 6.07) is 0. The van der Waals surface area contributed by atoms with Crippen molar-refractivity contribution in [2.45, 2.75) is 140 Å². The predicted molar refractivity (Wildman–Crippen MR) is 196 cm³/mol. The number of rotatable bonds is 6. The molecular formula is C43H58O13. The molecule has 308 valence electrons. The summed E-state index contributed by atoms with van der Waals surface area (Å²) in [6.07, 6.45) is 1.48. The molecule has 0 aliphatic heterocycles. The fourth-order valence-corrected chi connectivity index (χ4v) is 15.2. The van der Waals surface area contributed by atoms with Crippen molar-refractivity contribution in [3.63, 3.8) is 0 Å². The monoisotopic (exact) mass is 782 g/mol. The van der Waals surface area contributed by atoms with Gasteiger partial charge in [0.15, 0.2) is 23.1 Å². The number of ketones is 4. The minimum Gasteiger partial charge on any atom is -0.430 e. The molecule has 0 aromatic heterocycles. The van der Waals surface area contributed by atoms with Crippen LogP contribution in [-0.4, -0.2) is 109 Å². The van der Waals surface area contributed by atoms with Gasteiger partial charge in [0.2, 0.25) is 0 Å². The molecular weight excluding hydrogens is 724 g/mol. The van der Waals surface area contributed by atoms with Gasteiger partial charge in [-0.05, 0) is 100 Å². The Hall–Kier alpha value is -2.81. The van der Waals surface area contributed by atoms with Crippen LogP contribution in [0.25, 0.3) is 0 Å². The van der Waals surface area contributed by atoms with E-state index in [2.05, 4.69) is 0 Å². The second-order valence-electron chi connectivity index (χ2n) is 19.7. The highest BCUT2D eigenvalue weighted by Gasteiger charge is 2.71. The predicted octanol–water partition coefficient (Wildman–Crippen LogP) is 2.69. The van der Waals surface area contributed by atoms with Crippen molar-refractivity contribution in [1.29, 1.82) is 0 Å². The van der Waals surface area contributed by atoms with Gasteiger partial charge in [0.1, 0.15) is 36.6 Å². The number of Topliss-reactive ketones (excluding diaryl/α,β-unsaturated/α-hetero) is 2. The molecule has 0 aromatic carbocycles. The standard InChI is InChI=1S/C43H58O13/c1-38-17-29(48)35-25(27(38)9-11-42(38,53)31(50)19-44)7-5-21-13-23(46)15-33(40(21,35)3)55-37(52)56-34-16-24(47)14-22-6-8-26-28-10-12-43(54,32(51)20-45)39(28,2)18-30(49)36(26)41(22,34)4/h13-14,25-30,33-36,44-45,48-49,53-54H,5-12,15-20H2,1-4H3/t25-,26-,27-,28-,29-,30-,33?,34?,35+,36+,38-,39-,40+,41+,42-,43-/m0/s1. The van der Waals surface area contributed by atoms with Crippen molar-refractivity contribution in [1.82, 2.24) is 0 Å². The molecule has 8 rings (SSSR count). The third-order valence-corrected chi connectivity index (χ3v) is 17.9. The number of hydrogen-bond acceptors (Lipinski definition) is 13. The fraction of sp³-hybridized carbons (Fsp3) is 0.791. The van der Waals surface area contributed by atoms with E-state index < -0.39 is 100 Å². The third kappa shape index (κ3) is 5.09. The minimum atomic E-state index is -1.78. The van der Waals surface area contributed by atoms with Gasteiger partial charge < -0.3 is 40.1 Å². The Morgan fingerprint density at radius 1 is 0.661 bits per heavy atom. The number of aliphatic hydroxyl groups is 6. The summed E-state index contributed by atoms with van der Waals surface area (Å²) in [5.41, 5.74) is -5.97. The molecule has 56 heavy (non-hydrogen) atoms. The quantitative estimate of drug-likeness (QED) is 0.214. The maximum absolute atomic E-state index is 14.1. The van der Waals surface area contributed by atoms with Crippen LogP contribution >= 0.6 is 0 Å². The van der Waals surface area contributed by atoms with E-state index in [1.54, 1.807) is 12.2 Å². The lowest BCUT2D eigenvalue weighted by molar-refractivity contribution is -0.198. The summed E-state index contributed by atoms with van der Waals surface area (Å²) in [6.45, 7) is 5.85. The topological polar surface area (TPSA) is 225 Å². The van der Waals surface area contributed by atoms with Gasteiger partial charge in [0, 0.05) is 46.3 Å². The van der Waals surface area contributed by atoms with Gasteiger partial charge in [-0.1, -0.05) is 38.8 Å². The molecule has 13 nitrogen and oxygen atoms in total. The highest BCUT2D eigenvalue weighted by Crippen LogP contribution is 2.70. The Morgan fingerprint density at radius 3 is 1.39 bits per heavy atom. The van der Waals surface area contributed by atoms with Gasteiger partial charge in [-0.2, -0.15) is 0 Å². The summed E-state index contributed by atoms with van der Waals surface area (Å²) in [4.78, 5) is 66.4. The Labute approximate surface area is 326 Å². The molecule has 0 aromatic rings. The zero-order valence-electron chi connectivity index (χ0n) is 32.9. The van der Waals surface area contributed by atoms with Gasteiger partial charge in [-0.3, -0.25) is 19.2 Å². The molecule has 6 N–H and O–H groups in total. The number of fused-ring (bicyclic) bond motifs is 10. The first kappa shape index (κ1) is 40.0. The molecule has 0 bridgehead atoms.